The van der Waals surface area contributed by atoms with E-state index in [2.05, 4.69) is 10.6 Å². The van der Waals surface area contributed by atoms with Crippen LogP contribution in [0.1, 0.15) is 45.0 Å². The van der Waals surface area contributed by atoms with Crippen molar-refractivity contribution in [3.63, 3.8) is 0 Å². The number of anilines is 1. The first-order valence-corrected chi connectivity index (χ1v) is 7.09. The SMILES string of the molecule is CC(C)[C@H](N)C(=O)Nc1ccc(C(=O)NC(C)(C)C)cc1.Cl. The minimum absolute atomic E-state index is 0. The maximum absolute atomic E-state index is 12.0. The van der Waals surface area contributed by atoms with Crippen molar-refractivity contribution in [2.75, 3.05) is 5.32 Å². The highest BCUT2D eigenvalue weighted by Gasteiger charge is 2.18. The molecule has 124 valence electrons. The second-order valence-corrected chi connectivity index (χ2v) is 6.54. The van der Waals surface area contributed by atoms with Gasteiger partial charge < -0.3 is 16.4 Å². The molecule has 6 heteroatoms. The highest BCUT2D eigenvalue weighted by Crippen LogP contribution is 2.12. The van der Waals surface area contributed by atoms with E-state index in [0.717, 1.165) is 0 Å². The molecule has 1 atom stereocenters. The van der Waals surface area contributed by atoms with Crippen LogP contribution in [0.25, 0.3) is 0 Å². The van der Waals surface area contributed by atoms with Gasteiger partial charge in [0.05, 0.1) is 6.04 Å². The van der Waals surface area contributed by atoms with Gasteiger partial charge in [0, 0.05) is 16.8 Å². The molecule has 0 radical (unpaired) electrons. The molecule has 1 aromatic rings. The van der Waals surface area contributed by atoms with Crippen LogP contribution in [0.3, 0.4) is 0 Å². The van der Waals surface area contributed by atoms with Crippen molar-refractivity contribution in [1.82, 2.24) is 5.32 Å². The Morgan fingerprint density at radius 1 is 1.09 bits per heavy atom. The first-order chi connectivity index (χ1) is 9.60. The topological polar surface area (TPSA) is 84.2 Å². The zero-order valence-corrected chi connectivity index (χ0v) is 14.6. The van der Waals surface area contributed by atoms with Crippen LogP contribution in [-0.2, 0) is 4.79 Å². The van der Waals surface area contributed by atoms with E-state index in [4.69, 9.17) is 5.73 Å². The van der Waals surface area contributed by atoms with Crippen LogP contribution in [0.5, 0.6) is 0 Å². The minimum Gasteiger partial charge on any atom is -0.347 e. The van der Waals surface area contributed by atoms with Crippen molar-refractivity contribution in [3.8, 4) is 0 Å². The number of hydrogen-bond acceptors (Lipinski definition) is 3. The van der Waals surface area contributed by atoms with E-state index >= 15 is 0 Å². The maximum Gasteiger partial charge on any atom is 0.251 e. The van der Waals surface area contributed by atoms with E-state index in [0.29, 0.717) is 11.3 Å². The number of amides is 2. The average molecular weight is 328 g/mol. The molecule has 5 nitrogen and oxygen atoms in total. The van der Waals surface area contributed by atoms with Crippen molar-refractivity contribution in [2.45, 2.75) is 46.2 Å². The van der Waals surface area contributed by atoms with E-state index in [-0.39, 0.29) is 35.7 Å². The molecule has 0 saturated heterocycles. The van der Waals surface area contributed by atoms with E-state index in [1.807, 2.05) is 34.6 Å². The number of hydrogen-bond donors (Lipinski definition) is 3. The summed E-state index contributed by atoms with van der Waals surface area (Å²) >= 11 is 0. The minimum atomic E-state index is -0.547. The second kappa shape index (κ2) is 8.15. The van der Waals surface area contributed by atoms with E-state index in [1.54, 1.807) is 24.3 Å². The van der Waals surface area contributed by atoms with Crippen molar-refractivity contribution < 1.29 is 9.59 Å². The molecule has 0 bridgehead atoms. The lowest BCUT2D eigenvalue weighted by atomic mass is 10.0. The number of carbonyl (C=O) groups excluding carboxylic acids is 2. The van der Waals surface area contributed by atoms with E-state index in [1.165, 1.54) is 0 Å². The van der Waals surface area contributed by atoms with Crippen LogP contribution < -0.4 is 16.4 Å². The average Bonchev–Trinajstić information content (AvgIpc) is 2.36. The maximum atomic E-state index is 12.0. The highest BCUT2D eigenvalue weighted by atomic mass is 35.5. The number of nitrogens with two attached hydrogens (primary N) is 1. The predicted molar refractivity (Wildman–Crippen MR) is 92.4 cm³/mol. The lowest BCUT2D eigenvalue weighted by Gasteiger charge is -2.20. The molecule has 2 amide bonds. The molecule has 22 heavy (non-hydrogen) atoms. The Hall–Kier alpha value is -1.59. The summed E-state index contributed by atoms with van der Waals surface area (Å²) in [5, 5.41) is 5.62. The molecule has 1 rings (SSSR count). The number of nitrogens with one attached hydrogen (secondary N) is 2. The Balaban J connectivity index is 0.00000441. The van der Waals surface area contributed by atoms with Crippen molar-refractivity contribution in [2.24, 2.45) is 11.7 Å². The Morgan fingerprint density at radius 2 is 1.59 bits per heavy atom. The molecular formula is C16H26ClN3O2. The Morgan fingerprint density at radius 3 is 2.00 bits per heavy atom. The number of halogens is 1. The third-order valence-corrected chi connectivity index (χ3v) is 2.92. The fraction of sp³-hybridized carbons (Fsp3) is 0.500. The third kappa shape index (κ3) is 6.45. The lowest BCUT2D eigenvalue weighted by Crippen LogP contribution is -2.40. The van der Waals surface area contributed by atoms with Gasteiger partial charge in [0.2, 0.25) is 5.91 Å². The van der Waals surface area contributed by atoms with E-state index in [9.17, 15) is 9.59 Å². The van der Waals surface area contributed by atoms with E-state index < -0.39 is 6.04 Å². The van der Waals surface area contributed by atoms with Gasteiger partial charge in [0.15, 0.2) is 0 Å². The molecule has 0 spiro atoms. The number of carbonyl (C=O) groups is 2. The Kier molecular flexibility index (Phi) is 7.56. The summed E-state index contributed by atoms with van der Waals surface area (Å²) in [6, 6.07) is 6.20. The van der Waals surface area contributed by atoms with Crippen molar-refractivity contribution in [3.05, 3.63) is 29.8 Å². The summed E-state index contributed by atoms with van der Waals surface area (Å²) in [4.78, 5) is 23.8. The Bertz CT molecular complexity index is 507. The van der Waals surface area contributed by atoms with Crippen LogP contribution in [0.15, 0.2) is 24.3 Å². The van der Waals surface area contributed by atoms with Crippen molar-refractivity contribution in [1.29, 1.82) is 0 Å². The number of benzene rings is 1. The van der Waals surface area contributed by atoms with Gasteiger partial charge in [0.25, 0.3) is 5.91 Å². The van der Waals surface area contributed by atoms with Gasteiger partial charge in [-0.25, -0.2) is 0 Å². The van der Waals surface area contributed by atoms with Gasteiger partial charge in [-0.1, -0.05) is 13.8 Å². The molecule has 0 saturated carbocycles. The van der Waals surface area contributed by atoms with Crippen LogP contribution in [0.4, 0.5) is 5.69 Å². The van der Waals surface area contributed by atoms with Crippen LogP contribution >= 0.6 is 12.4 Å². The van der Waals surface area contributed by atoms with Gasteiger partial charge in [-0.05, 0) is 51.0 Å². The summed E-state index contributed by atoms with van der Waals surface area (Å²) in [6.45, 7) is 9.56. The zero-order valence-electron chi connectivity index (χ0n) is 13.8. The summed E-state index contributed by atoms with van der Waals surface area (Å²) in [6.07, 6.45) is 0. The largest absolute Gasteiger partial charge is 0.347 e. The second-order valence-electron chi connectivity index (χ2n) is 6.54. The highest BCUT2D eigenvalue weighted by molar-refractivity contribution is 5.97. The van der Waals surface area contributed by atoms with Crippen LogP contribution in [-0.4, -0.2) is 23.4 Å². The predicted octanol–water partition coefficient (Wildman–Crippen LogP) is 2.56. The fourth-order valence-corrected chi connectivity index (χ4v) is 1.65. The van der Waals surface area contributed by atoms with Gasteiger partial charge >= 0.3 is 0 Å². The summed E-state index contributed by atoms with van der Waals surface area (Å²) in [7, 11) is 0. The van der Waals surface area contributed by atoms with Gasteiger partial charge in [-0.2, -0.15) is 0 Å². The molecule has 0 unspecified atom stereocenters. The molecule has 0 heterocycles. The molecule has 0 aromatic heterocycles. The third-order valence-electron chi connectivity index (χ3n) is 2.92. The summed E-state index contributed by atoms with van der Waals surface area (Å²) < 4.78 is 0. The van der Waals surface area contributed by atoms with Gasteiger partial charge in [0.1, 0.15) is 0 Å². The molecular weight excluding hydrogens is 302 g/mol. The summed E-state index contributed by atoms with van der Waals surface area (Å²) in [5.41, 5.74) is 6.68. The lowest BCUT2D eigenvalue weighted by molar-refractivity contribution is -0.118. The zero-order chi connectivity index (χ0) is 16.2. The monoisotopic (exact) mass is 327 g/mol. The van der Waals surface area contributed by atoms with Gasteiger partial charge in [-0.3, -0.25) is 9.59 Å². The quantitative estimate of drug-likeness (QED) is 0.794. The summed E-state index contributed by atoms with van der Waals surface area (Å²) in [5.74, 6) is -0.294. The first-order valence-electron chi connectivity index (χ1n) is 7.09. The molecule has 0 aliphatic heterocycles. The normalized spacial score (nSPS) is 12.3. The number of rotatable bonds is 4. The first kappa shape index (κ1) is 20.4. The van der Waals surface area contributed by atoms with Crippen molar-refractivity contribution >= 4 is 29.9 Å². The fourth-order valence-electron chi connectivity index (χ4n) is 1.65. The Labute approximate surface area is 138 Å². The molecule has 0 fully saturated rings. The van der Waals surface area contributed by atoms with Crippen LogP contribution in [0.2, 0.25) is 0 Å². The molecule has 1 aromatic carbocycles. The standard InChI is InChI=1S/C16H25N3O2.ClH/c1-10(2)13(17)15(21)18-12-8-6-11(7-9-12)14(20)19-16(3,4)5;/h6-10,13H,17H2,1-5H3,(H,18,21)(H,19,20);1H/t13-;/m0./s1. The smallest absolute Gasteiger partial charge is 0.251 e. The molecule has 4 N–H and O–H groups in total. The molecule has 0 aliphatic carbocycles. The molecule has 0 aliphatic rings. The van der Waals surface area contributed by atoms with Crippen LogP contribution in [0, 0.1) is 5.92 Å². The van der Waals surface area contributed by atoms with Gasteiger partial charge in [-0.15, -0.1) is 12.4 Å².